The zero-order chi connectivity index (χ0) is 8.69. The van der Waals surface area contributed by atoms with Crippen molar-refractivity contribution in [2.45, 2.75) is 40.0 Å². The minimum atomic E-state index is 0.214. The van der Waals surface area contributed by atoms with E-state index in [1.54, 1.807) is 6.92 Å². The minimum absolute atomic E-state index is 0.214. The molecule has 0 saturated carbocycles. The fraction of sp³-hybridized carbons (Fsp3) is 0.778. The van der Waals surface area contributed by atoms with Crippen LogP contribution in [0.4, 0.5) is 0 Å². The van der Waals surface area contributed by atoms with Crippen molar-refractivity contribution in [2.24, 2.45) is 4.99 Å². The molecule has 0 amide bonds. The van der Waals surface area contributed by atoms with Crippen molar-refractivity contribution < 1.29 is 4.79 Å². The highest BCUT2D eigenvalue weighted by molar-refractivity contribution is 6.00. The van der Waals surface area contributed by atoms with Crippen molar-refractivity contribution in [1.29, 1.82) is 0 Å². The molecule has 0 radical (unpaired) electrons. The van der Waals surface area contributed by atoms with Crippen LogP contribution in [0.5, 0.6) is 0 Å². The van der Waals surface area contributed by atoms with Crippen LogP contribution in [0.15, 0.2) is 4.99 Å². The number of rotatable bonds is 5. The van der Waals surface area contributed by atoms with Gasteiger partial charge in [0.05, 0.1) is 0 Å². The zero-order valence-electron chi connectivity index (χ0n) is 7.68. The normalized spacial score (nSPS) is 11.7. The predicted molar refractivity (Wildman–Crippen MR) is 48.2 cm³/mol. The average molecular weight is 155 g/mol. The third kappa shape index (κ3) is 5.77. The highest BCUT2D eigenvalue weighted by Gasteiger charge is 2.00. The Hall–Kier alpha value is -0.660. The summed E-state index contributed by atoms with van der Waals surface area (Å²) in [5.41, 5.74) is 1.06. The van der Waals surface area contributed by atoms with E-state index in [-0.39, 0.29) is 5.78 Å². The Bertz CT molecular complexity index is 150. The Balaban J connectivity index is 3.89. The third-order valence-corrected chi connectivity index (χ3v) is 1.37. The molecule has 0 aromatic heterocycles. The first kappa shape index (κ1) is 10.3. The van der Waals surface area contributed by atoms with Gasteiger partial charge in [0.25, 0.3) is 0 Å². The molecule has 0 aromatic carbocycles. The van der Waals surface area contributed by atoms with Gasteiger partial charge in [0.2, 0.25) is 0 Å². The molecule has 0 aliphatic carbocycles. The molecule has 2 heteroatoms. The van der Waals surface area contributed by atoms with Crippen molar-refractivity contribution >= 4 is 11.5 Å². The van der Waals surface area contributed by atoms with Crippen molar-refractivity contribution in [3.05, 3.63) is 0 Å². The molecule has 0 unspecified atom stereocenters. The largest absolute Gasteiger partial charge is 0.300 e. The number of carbonyl (C=O) groups excluding carboxylic acids is 1. The lowest BCUT2D eigenvalue weighted by molar-refractivity contribution is -0.115. The molecule has 0 rings (SSSR count). The standard InChI is InChI=1S/C9H17NO/c1-4-6-9(10-5-2)7-8(3)11/h4-7H2,1-3H3. The van der Waals surface area contributed by atoms with Gasteiger partial charge in [-0.05, 0) is 20.3 Å². The van der Waals surface area contributed by atoms with Gasteiger partial charge in [-0.1, -0.05) is 13.3 Å². The van der Waals surface area contributed by atoms with Crippen molar-refractivity contribution in [3.8, 4) is 0 Å². The molecule has 0 aromatic rings. The van der Waals surface area contributed by atoms with E-state index in [9.17, 15) is 4.79 Å². The van der Waals surface area contributed by atoms with E-state index >= 15 is 0 Å². The number of aliphatic imine (C=N–C) groups is 1. The van der Waals surface area contributed by atoms with Crippen LogP contribution >= 0.6 is 0 Å². The summed E-state index contributed by atoms with van der Waals surface area (Å²) in [7, 11) is 0. The molecule has 0 atom stereocenters. The maximum atomic E-state index is 10.7. The smallest absolute Gasteiger partial charge is 0.135 e. The van der Waals surface area contributed by atoms with Crippen LogP contribution in [0, 0.1) is 0 Å². The van der Waals surface area contributed by atoms with Crippen molar-refractivity contribution in [2.75, 3.05) is 6.54 Å². The summed E-state index contributed by atoms with van der Waals surface area (Å²) in [5, 5.41) is 0. The van der Waals surface area contributed by atoms with Gasteiger partial charge in [-0.3, -0.25) is 9.79 Å². The van der Waals surface area contributed by atoms with E-state index in [1.165, 1.54) is 0 Å². The second-order valence-corrected chi connectivity index (χ2v) is 2.67. The van der Waals surface area contributed by atoms with Gasteiger partial charge in [0.1, 0.15) is 5.78 Å². The summed E-state index contributed by atoms with van der Waals surface area (Å²) in [6, 6.07) is 0. The van der Waals surface area contributed by atoms with Gasteiger partial charge in [0.15, 0.2) is 0 Å². The number of hydrogen-bond acceptors (Lipinski definition) is 2. The Morgan fingerprint density at radius 3 is 2.36 bits per heavy atom. The van der Waals surface area contributed by atoms with Crippen LogP contribution in [-0.2, 0) is 4.79 Å². The highest BCUT2D eigenvalue weighted by atomic mass is 16.1. The fourth-order valence-corrected chi connectivity index (χ4v) is 1.02. The molecule has 0 spiro atoms. The predicted octanol–water partition coefficient (Wildman–Crippen LogP) is 2.23. The van der Waals surface area contributed by atoms with E-state index in [4.69, 9.17) is 0 Å². The van der Waals surface area contributed by atoms with Crippen LogP contribution in [-0.4, -0.2) is 18.0 Å². The lowest BCUT2D eigenvalue weighted by Crippen LogP contribution is -2.04. The molecule has 2 nitrogen and oxygen atoms in total. The van der Waals surface area contributed by atoms with Crippen LogP contribution in [0.3, 0.4) is 0 Å². The van der Waals surface area contributed by atoms with Crippen LogP contribution < -0.4 is 0 Å². The average Bonchev–Trinajstić information content (AvgIpc) is 1.87. The molecular weight excluding hydrogens is 138 g/mol. The molecular formula is C9H17NO. The van der Waals surface area contributed by atoms with Crippen LogP contribution in [0.2, 0.25) is 0 Å². The monoisotopic (exact) mass is 155 g/mol. The van der Waals surface area contributed by atoms with Crippen LogP contribution in [0.25, 0.3) is 0 Å². The molecule has 0 fully saturated rings. The number of Topliss-reactive ketones (excluding diaryl/α,β-unsaturated/α-hetero) is 1. The molecule has 0 bridgehead atoms. The summed E-state index contributed by atoms with van der Waals surface area (Å²) in [6.45, 7) is 6.50. The first-order valence-corrected chi connectivity index (χ1v) is 4.22. The second-order valence-electron chi connectivity index (χ2n) is 2.67. The molecule has 0 N–H and O–H groups in total. The van der Waals surface area contributed by atoms with Gasteiger partial charge in [-0.2, -0.15) is 0 Å². The van der Waals surface area contributed by atoms with Crippen molar-refractivity contribution in [3.63, 3.8) is 0 Å². The molecule has 0 heterocycles. The second kappa shape index (κ2) is 6.08. The summed E-state index contributed by atoms with van der Waals surface area (Å²) < 4.78 is 0. The van der Waals surface area contributed by atoms with E-state index in [2.05, 4.69) is 11.9 Å². The van der Waals surface area contributed by atoms with E-state index in [1.807, 2.05) is 6.92 Å². The Kier molecular flexibility index (Phi) is 5.71. The lowest BCUT2D eigenvalue weighted by atomic mass is 10.1. The number of nitrogens with zero attached hydrogens (tertiary/aromatic N) is 1. The van der Waals surface area contributed by atoms with Gasteiger partial charge in [-0.25, -0.2) is 0 Å². The summed E-state index contributed by atoms with van der Waals surface area (Å²) >= 11 is 0. The number of ketones is 1. The van der Waals surface area contributed by atoms with E-state index in [0.717, 1.165) is 25.1 Å². The topological polar surface area (TPSA) is 29.4 Å². The van der Waals surface area contributed by atoms with Gasteiger partial charge < -0.3 is 0 Å². The first-order valence-electron chi connectivity index (χ1n) is 4.22. The number of carbonyl (C=O) groups is 1. The van der Waals surface area contributed by atoms with E-state index in [0.29, 0.717) is 6.42 Å². The Morgan fingerprint density at radius 1 is 1.36 bits per heavy atom. The van der Waals surface area contributed by atoms with Gasteiger partial charge >= 0.3 is 0 Å². The Morgan fingerprint density at radius 2 is 2.00 bits per heavy atom. The molecule has 0 aliphatic rings. The quantitative estimate of drug-likeness (QED) is 0.560. The molecule has 0 saturated heterocycles. The molecule has 11 heavy (non-hydrogen) atoms. The SMILES string of the molecule is CCCC(CC(C)=O)=NCC. The number of hydrogen-bond donors (Lipinski definition) is 0. The van der Waals surface area contributed by atoms with Crippen LogP contribution in [0.1, 0.15) is 40.0 Å². The minimum Gasteiger partial charge on any atom is -0.300 e. The van der Waals surface area contributed by atoms with Gasteiger partial charge in [-0.15, -0.1) is 0 Å². The molecule has 64 valence electrons. The summed E-state index contributed by atoms with van der Waals surface area (Å²) in [6.07, 6.45) is 2.58. The summed E-state index contributed by atoms with van der Waals surface area (Å²) in [5.74, 6) is 0.214. The molecule has 0 aliphatic heterocycles. The van der Waals surface area contributed by atoms with E-state index < -0.39 is 0 Å². The maximum absolute atomic E-state index is 10.7. The van der Waals surface area contributed by atoms with Gasteiger partial charge in [0, 0.05) is 18.7 Å². The first-order chi connectivity index (χ1) is 5.20. The van der Waals surface area contributed by atoms with Crippen molar-refractivity contribution in [1.82, 2.24) is 0 Å². The lowest BCUT2D eigenvalue weighted by Gasteiger charge is -2.00. The fourth-order valence-electron chi connectivity index (χ4n) is 1.02. The Labute approximate surface area is 68.7 Å². The summed E-state index contributed by atoms with van der Waals surface area (Å²) in [4.78, 5) is 15.0. The zero-order valence-corrected chi connectivity index (χ0v) is 7.68. The highest BCUT2D eigenvalue weighted by Crippen LogP contribution is 1.98. The maximum Gasteiger partial charge on any atom is 0.135 e. The third-order valence-electron chi connectivity index (χ3n) is 1.37.